The summed E-state index contributed by atoms with van der Waals surface area (Å²) in [6.07, 6.45) is 0. The lowest BCUT2D eigenvalue weighted by molar-refractivity contribution is 0.417. The lowest BCUT2D eigenvalue weighted by Gasteiger charge is -2.19. The number of benzene rings is 2. The van der Waals surface area contributed by atoms with Gasteiger partial charge >= 0.3 is 0 Å². The third-order valence-corrected chi connectivity index (χ3v) is 3.99. The smallest absolute Gasteiger partial charge is 0.157 e. The minimum atomic E-state index is -0.0285. The molecule has 0 spiro atoms. The quantitative estimate of drug-likeness (QED) is 0.589. The van der Waals surface area contributed by atoms with Gasteiger partial charge in [0.25, 0.3) is 0 Å². The number of hydrogen-bond acceptors (Lipinski definition) is 2. The predicted octanol–water partition coefficient (Wildman–Crippen LogP) is 6.01. The van der Waals surface area contributed by atoms with Gasteiger partial charge in [-0.1, -0.05) is 69.3 Å². The van der Waals surface area contributed by atoms with Crippen molar-refractivity contribution in [3.8, 4) is 11.3 Å². The Balaban J connectivity index is 2.13. The number of para-hydroxylation sites is 1. The monoisotopic (exact) mass is 305 g/mol. The molecule has 2 nitrogen and oxygen atoms in total. The average Bonchev–Trinajstić information content (AvgIpc) is 3.01. The zero-order valence-corrected chi connectivity index (χ0v) is 14.2. The summed E-state index contributed by atoms with van der Waals surface area (Å²) in [6, 6.07) is 22.8. The number of nitrogens with zero attached hydrogens (tertiary/aromatic N) is 1. The molecule has 1 heterocycles. The summed E-state index contributed by atoms with van der Waals surface area (Å²) in [7, 11) is 2.08. The van der Waals surface area contributed by atoms with Gasteiger partial charge in [0.1, 0.15) is 5.76 Å². The van der Waals surface area contributed by atoms with Crippen LogP contribution >= 0.6 is 0 Å². The highest BCUT2D eigenvalue weighted by molar-refractivity contribution is 5.79. The van der Waals surface area contributed by atoms with E-state index in [2.05, 4.69) is 75.2 Å². The molecule has 0 aliphatic rings. The molecule has 0 aliphatic heterocycles. The lowest BCUT2D eigenvalue weighted by atomic mass is 9.93. The fraction of sp³-hybridized carbons (Fsp3) is 0.238. The Hall–Kier alpha value is -2.48. The van der Waals surface area contributed by atoms with Crippen LogP contribution in [0.25, 0.3) is 11.3 Å². The van der Waals surface area contributed by atoms with Gasteiger partial charge in [0, 0.05) is 29.8 Å². The standard InChI is InChI=1S/C21H23NO/c1-21(2,3)19-15-18(22(4)17-13-9-6-10-14-17)20(23-19)16-11-7-5-8-12-16/h5-15H,1-4H3. The number of furan rings is 1. The van der Waals surface area contributed by atoms with E-state index in [0.29, 0.717) is 0 Å². The van der Waals surface area contributed by atoms with Crippen LogP contribution in [0.4, 0.5) is 11.4 Å². The Bertz CT molecular complexity index is 767. The van der Waals surface area contributed by atoms with E-state index in [4.69, 9.17) is 4.42 Å². The normalized spacial score (nSPS) is 11.5. The summed E-state index contributed by atoms with van der Waals surface area (Å²) < 4.78 is 6.27. The second-order valence-electron chi connectivity index (χ2n) is 6.84. The maximum atomic E-state index is 6.27. The zero-order chi connectivity index (χ0) is 16.4. The summed E-state index contributed by atoms with van der Waals surface area (Å²) in [6.45, 7) is 6.52. The van der Waals surface area contributed by atoms with Crippen molar-refractivity contribution in [1.29, 1.82) is 0 Å². The van der Waals surface area contributed by atoms with Gasteiger partial charge in [-0.3, -0.25) is 0 Å². The first kappa shape index (κ1) is 15.4. The molecular formula is C21H23NO. The molecule has 0 atom stereocenters. The highest BCUT2D eigenvalue weighted by Crippen LogP contribution is 2.40. The molecule has 0 bridgehead atoms. The SMILES string of the molecule is CN(c1ccccc1)c1cc(C(C)(C)C)oc1-c1ccccc1. The molecule has 0 saturated carbocycles. The first-order valence-electron chi connectivity index (χ1n) is 7.95. The van der Waals surface area contributed by atoms with Gasteiger partial charge in [-0.15, -0.1) is 0 Å². The van der Waals surface area contributed by atoms with Gasteiger partial charge < -0.3 is 9.32 Å². The van der Waals surface area contributed by atoms with Gasteiger partial charge in [-0.25, -0.2) is 0 Å². The molecule has 3 rings (SSSR count). The third kappa shape index (κ3) is 3.16. The summed E-state index contributed by atoms with van der Waals surface area (Å²) in [5.74, 6) is 1.91. The average molecular weight is 305 g/mol. The molecule has 118 valence electrons. The van der Waals surface area contributed by atoms with Crippen LogP contribution in [-0.4, -0.2) is 7.05 Å². The van der Waals surface area contributed by atoms with E-state index >= 15 is 0 Å². The topological polar surface area (TPSA) is 16.4 Å². The van der Waals surface area contributed by atoms with Crippen LogP contribution in [0.1, 0.15) is 26.5 Å². The van der Waals surface area contributed by atoms with Crippen molar-refractivity contribution in [3.05, 3.63) is 72.5 Å². The van der Waals surface area contributed by atoms with Gasteiger partial charge in [-0.2, -0.15) is 0 Å². The van der Waals surface area contributed by atoms with E-state index in [1.165, 1.54) is 0 Å². The van der Waals surface area contributed by atoms with Crippen molar-refractivity contribution in [2.24, 2.45) is 0 Å². The highest BCUT2D eigenvalue weighted by atomic mass is 16.3. The predicted molar refractivity (Wildman–Crippen MR) is 97.3 cm³/mol. The van der Waals surface area contributed by atoms with E-state index in [1.54, 1.807) is 0 Å². The Kier molecular flexibility index (Phi) is 3.99. The first-order valence-corrected chi connectivity index (χ1v) is 7.95. The van der Waals surface area contributed by atoms with E-state index < -0.39 is 0 Å². The molecule has 0 amide bonds. The van der Waals surface area contributed by atoms with E-state index in [1.807, 2.05) is 24.3 Å². The molecule has 23 heavy (non-hydrogen) atoms. The van der Waals surface area contributed by atoms with Crippen LogP contribution in [0.2, 0.25) is 0 Å². The minimum absolute atomic E-state index is 0.0285. The molecule has 0 saturated heterocycles. The molecule has 0 aliphatic carbocycles. The molecule has 0 unspecified atom stereocenters. The maximum Gasteiger partial charge on any atom is 0.157 e. The molecule has 0 N–H and O–H groups in total. The van der Waals surface area contributed by atoms with Crippen molar-refractivity contribution >= 4 is 11.4 Å². The molecule has 1 aromatic heterocycles. The Morgan fingerprint density at radius 3 is 1.96 bits per heavy atom. The van der Waals surface area contributed by atoms with E-state index in [0.717, 1.165) is 28.5 Å². The van der Waals surface area contributed by atoms with Crippen molar-refractivity contribution < 1.29 is 4.42 Å². The summed E-state index contributed by atoms with van der Waals surface area (Å²) in [5, 5.41) is 0. The molecular weight excluding hydrogens is 282 g/mol. The highest BCUT2D eigenvalue weighted by Gasteiger charge is 2.24. The van der Waals surface area contributed by atoms with Crippen LogP contribution in [0, 0.1) is 0 Å². The second kappa shape index (κ2) is 5.96. The fourth-order valence-electron chi connectivity index (χ4n) is 2.59. The summed E-state index contributed by atoms with van der Waals surface area (Å²) in [5.41, 5.74) is 3.30. The molecule has 2 heteroatoms. The maximum absolute atomic E-state index is 6.27. The largest absolute Gasteiger partial charge is 0.458 e. The number of rotatable bonds is 3. The summed E-state index contributed by atoms with van der Waals surface area (Å²) in [4.78, 5) is 2.18. The van der Waals surface area contributed by atoms with E-state index in [-0.39, 0.29) is 5.41 Å². The molecule has 2 aromatic carbocycles. The molecule has 0 radical (unpaired) electrons. The summed E-state index contributed by atoms with van der Waals surface area (Å²) >= 11 is 0. The van der Waals surface area contributed by atoms with Crippen LogP contribution in [-0.2, 0) is 5.41 Å². The van der Waals surface area contributed by atoms with E-state index in [9.17, 15) is 0 Å². The van der Waals surface area contributed by atoms with Gasteiger partial charge in [0.05, 0.1) is 5.69 Å². The van der Waals surface area contributed by atoms with Gasteiger partial charge in [0.15, 0.2) is 5.76 Å². The second-order valence-corrected chi connectivity index (χ2v) is 6.84. The van der Waals surface area contributed by atoms with Crippen LogP contribution in [0.5, 0.6) is 0 Å². The van der Waals surface area contributed by atoms with Crippen molar-refractivity contribution in [2.45, 2.75) is 26.2 Å². The molecule has 3 aromatic rings. The van der Waals surface area contributed by atoms with Crippen LogP contribution in [0.3, 0.4) is 0 Å². The Morgan fingerprint density at radius 2 is 1.39 bits per heavy atom. The van der Waals surface area contributed by atoms with Gasteiger partial charge in [0.2, 0.25) is 0 Å². The van der Waals surface area contributed by atoms with Crippen molar-refractivity contribution in [1.82, 2.24) is 0 Å². The first-order chi connectivity index (χ1) is 11.0. The van der Waals surface area contributed by atoms with Crippen molar-refractivity contribution in [2.75, 3.05) is 11.9 Å². The number of anilines is 2. The zero-order valence-electron chi connectivity index (χ0n) is 14.2. The minimum Gasteiger partial charge on any atom is -0.458 e. The van der Waals surface area contributed by atoms with Crippen LogP contribution < -0.4 is 4.90 Å². The molecule has 0 fully saturated rings. The van der Waals surface area contributed by atoms with Gasteiger partial charge in [-0.05, 0) is 12.1 Å². The lowest BCUT2D eigenvalue weighted by Crippen LogP contribution is -2.11. The van der Waals surface area contributed by atoms with Crippen molar-refractivity contribution in [3.63, 3.8) is 0 Å². The Labute approximate surface area is 138 Å². The fourth-order valence-corrected chi connectivity index (χ4v) is 2.59. The van der Waals surface area contributed by atoms with Crippen LogP contribution in [0.15, 0.2) is 71.1 Å². The third-order valence-electron chi connectivity index (χ3n) is 3.99. The number of hydrogen-bond donors (Lipinski definition) is 0. The Morgan fingerprint density at radius 1 is 0.826 bits per heavy atom.